The normalized spacial score (nSPS) is 10.6. The van der Waals surface area contributed by atoms with Gasteiger partial charge in [0.1, 0.15) is 0 Å². The van der Waals surface area contributed by atoms with Crippen LogP contribution in [0.25, 0.3) is 0 Å². The van der Waals surface area contributed by atoms with Crippen molar-refractivity contribution in [2.45, 2.75) is 20.0 Å². The van der Waals surface area contributed by atoms with Gasteiger partial charge in [-0.25, -0.2) is 0 Å². The SMILES string of the molecule is C=C(C)CN(Cc1ccccn1)Cc1ccccn1. The molecule has 19 heavy (non-hydrogen) atoms. The summed E-state index contributed by atoms with van der Waals surface area (Å²) in [5.41, 5.74) is 3.28. The van der Waals surface area contributed by atoms with Crippen molar-refractivity contribution in [2.24, 2.45) is 0 Å². The van der Waals surface area contributed by atoms with Gasteiger partial charge in [0.2, 0.25) is 0 Å². The van der Waals surface area contributed by atoms with Gasteiger partial charge in [0.15, 0.2) is 0 Å². The lowest BCUT2D eigenvalue weighted by atomic mass is 10.2. The molecule has 0 aliphatic carbocycles. The Kier molecular flexibility index (Phi) is 4.81. The standard InChI is InChI=1S/C16H19N3/c1-14(2)11-19(12-15-7-3-5-9-17-15)13-16-8-4-6-10-18-16/h3-10H,1,11-13H2,2H3. The van der Waals surface area contributed by atoms with Crippen LogP contribution < -0.4 is 0 Å². The van der Waals surface area contributed by atoms with Crippen molar-refractivity contribution in [3.8, 4) is 0 Å². The van der Waals surface area contributed by atoms with E-state index in [4.69, 9.17) is 0 Å². The lowest BCUT2D eigenvalue weighted by Gasteiger charge is -2.21. The van der Waals surface area contributed by atoms with E-state index < -0.39 is 0 Å². The summed E-state index contributed by atoms with van der Waals surface area (Å²) >= 11 is 0. The fraction of sp³-hybridized carbons (Fsp3) is 0.250. The van der Waals surface area contributed by atoms with Crippen LogP contribution in [0.5, 0.6) is 0 Å². The van der Waals surface area contributed by atoms with E-state index >= 15 is 0 Å². The van der Waals surface area contributed by atoms with E-state index in [2.05, 4.69) is 21.4 Å². The molecule has 0 aliphatic rings. The third-order valence-corrected chi connectivity index (χ3v) is 2.72. The van der Waals surface area contributed by atoms with Crippen molar-refractivity contribution in [1.29, 1.82) is 0 Å². The molecule has 0 atom stereocenters. The maximum Gasteiger partial charge on any atom is 0.0544 e. The van der Waals surface area contributed by atoms with E-state index in [-0.39, 0.29) is 0 Å². The Morgan fingerprint density at radius 3 is 1.89 bits per heavy atom. The smallest absolute Gasteiger partial charge is 0.0544 e. The highest BCUT2D eigenvalue weighted by Gasteiger charge is 2.08. The predicted molar refractivity (Wildman–Crippen MR) is 77.4 cm³/mol. The van der Waals surface area contributed by atoms with Crippen molar-refractivity contribution in [1.82, 2.24) is 14.9 Å². The minimum absolute atomic E-state index is 0.810. The molecule has 2 heterocycles. The first-order chi connectivity index (χ1) is 9.24. The summed E-state index contributed by atoms with van der Waals surface area (Å²) in [5.74, 6) is 0. The van der Waals surface area contributed by atoms with Gasteiger partial charge >= 0.3 is 0 Å². The molecule has 3 heteroatoms. The number of aromatic nitrogens is 2. The second kappa shape index (κ2) is 6.81. The van der Waals surface area contributed by atoms with Gasteiger partial charge < -0.3 is 0 Å². The van der Waals surface area contributed by atoms with Gasteiger partial charge in [-0.05, 0) is 31.2 Å². The minimum Gasteiger partial charge on any atom is -0.288 e. The van der Waals surface area contributed by atoms with Crippen molar-refractivity contribution in [2.75, 3.05) is 6.54 Å². The van der Waals surface area contributed by atoms with E-state index in [1.54, 1.807) is 0 Å². The third-order valence-electron chi connectivity index (χ3n) is 2.72. The first kappa shape index (κ1) is 13.4. The summed E-state index contributed by atoms with van der Waals surface area (Å²) < 4.78 is 0. The van der Waals surface area contributed by atoms with Crippen LogP contribution in [0.1, 0.15) is 18.3 Å². The van der Waals surface area contributed by atoms with Crippen LogP contribution in [0.15, 0.2) is 60.9 Å². The Morgan fingerprint density at radius 1 is 1.00 bits per heavy atom. The molecule has 3 nitrogen and oxygen atoms in total. The average molecular weight is 253 g/mol. The van der Waals surface area contributed by atoms with Gasteiger partial charge in [-0.15, -0.1) is 0 Å². The first-order valence-electron chi connectivity index (χ1n) is 6.40. The predicted octanol–water partition coefficient (Wildman–Crippen LogP) is 3.05. The molecule has 0 aromatic carbocycles. The van der Waals surface area contributed by atoms with Gasteiger partial charge in [-0.3, -0.25) is 14.9 Å². The molecule has 2 rings (SSSR count). The molecule has 98 valence electrons. The average Bonchev–Trinajstić information content (AvgIpc) is 2.40. The number of hydrogen-bond donors (Lipinski definition) is 0. The van der Waals surface area contributed by atoms with Gasteiger partial charge in [0.25, 0.3) is 0 Å². The summed E-state index contributed by atoms with van der Waals surface area (Å²) in [4.78, 5) is 11.1. The van der Waals surface area contributed by atoms with Crippen LogP contribution in [0.4, 0.5) is 0 Å². The Labute approximate surface area is 114 Å². The first-order valence-corrected chi connectivity index (χ1v) is 6.40. The molecule has 0 bridgehead atoms. The number of nitrogens with zero attached hydrogens (tertiary/aromatic N) is 3. The molecule has 0 saturated heterocycles. The second-order valence-corrected chi connectivity index (χ2v) is 4.74. The second-order valence-electron chi connectivity index (χ2n) is 4.74. The fourth-order valence-electron chi connectivity index (χ4n) is 1.99. The van der Waals surface area contributed by atoms with E-state index in [0.29, 0.717) is 0 Å². The lowest BCUT2D eigenvalue weighted by Crippen LogP contribution is -2.25. The molecule has 0 aliphatic heterocycles. The quantitative estimate of drug-likeness (QED) is 0.741. The van der Waals surface area contributed by atoms with Crippen LogP contribution in [-0.2, 0) is 13.1 Å². The molecule has 0 unspecified atom stereocenters. The van der Waals surface area contributed by atoms with Crippen molar-refractivity contribution < 1.29 is 0 Å². The fourth-order valence-corrected chi connectivity index (χ4v) is 1.99. The van der Waals surface area contributed by atoms with E-state index in [1.165, 1.54) is 0 Å². The molecule has 0 amide bonds. The highest BCUT2D eigenvalue weighted by atomic mass is 15.1. The number of hydrogen-bond acceptors (Lipinski definition) is 3. The zero-order valence-electron chi connectivity index (χ0n) is 11.3. The molecule has 2 aromatic rings. The van der Waals surface area contributed by atoms with Gasteiger partial charge in [0.05, 0.1) is 11.4 Å². The third kappa shape index (κ3) is 4.64. The summed E-state index contributed by atoms with van der Waals surface area (Å²) in [7, 11) is 0. The molecule has 0 N–H and O–H groups in total. The van der Waals surface area contributed by atoms with Crippen molar-refractivity contribution in [3.63, 3.8) is 0 Å². The Morgan fingerprint density at radius 2 is 1.53 bits per heavy atom. The molecule has 0 radical (unpaired) electrons. The maximum atomic E-state index is 4.38. The zero-order chi connectivity index (χ0) is 13.5. The highest BCUT2D eigenvalue weighted by molar-refractivity contribution is 5.07. The lowest BCUT2D eigenvalue weighted by molar-refractivity contribution is 0.273. The molecular weight excluding hydrogens is 234 g/mol. The highest BCUT2D eigenvalue weighted by Crippen LogP contribution is 2.08. The van der Waals surface area contributed by atoms with Crippen LogP contribution in [-0.4, -0.2) is 21.4 Å². The van der Waals surface area contributed by atoms with Crippen molar-refractivity contribution in [3.05, 3.63) is 72.3 Å². The van der Waals surface area contributed by atoms with Gasteiger partial charge in [0, 0.05) is 32.0 Å². The van der Waals surface area contributed by atoms with Gasteiger partial charge in [-0.1, -0.05) is 24.3 Å². The molecule has 0 spiro atoms. The van der Waals surface area contributed by atoms with E-state index in [9.17, 15) is 0 Å². The van der Waals surface area contributed by atoms with Crippen molar-refractivity contribution >= 4 is 0 Å². The number of pyridine rings is 2. The largest absolute Gasteiger partial charge is 0.288 e. The van der Waals surface area contributed by atoms with Crippen LogP contribution in [0.2, 0.25) is 0 Å². The van der Waals surface area contributed by atoms with E-state index in [1.807, 2.05) is 55.7 Å². The summed E-state index contributed by atoms with van der Waals surface area (Å²) in [5, 5.41) is 0. The molecule has 2 aromatic heterocycles. The monoisotopic (exact) mass is 253 g/mol. The zero-order valence-corrected chi connectivity index (χ0v) is 11.3. The summed E-state index contributed by atoms with van der Waals surface area (Å²) in [6.45, 7) is 8.52. The van der Waals surface area contributed by atoms with Crippen LogP contribution in [0, 0.1) is 0 Å². The maximum absolute atomic E-state index is 4.38. The Balaban J connectivity index is 2.06. The van der Waals surface area contributed by atoms with E-state index in [0.717, 1.165) is 36.6 Å². The summed E-state index contributed by atoms with van der Waals surface area (Å²) in [6, 6.07) is 12.0. The Hall–Kier alpha value is -2.00. The minimum atomic E-state index is 0.810. The molecule has 0 fully saturated rings. The Bertz CT molecular complexity index is 467. The topological polar surface area (TPSA) is 29.0 Å². The molecule has 0 saturated carbocycles. The van der Waals surface area contributed by atoms with Crippen LogP contribution >= 0.6 is 0 Å². The molecular formula is C16H19N3. The van der Waals surface area contributed by atoms with Crippen LogP contribution in [0.3, 0.4) is 0 Å². The number of rotatable bonds is 6. The van der Waals surface area contributed by atoms with Gasteiger partial charge in [-0.2, -0.15) is 0 Å². The summed E-state index contributed by atoms with van der Waals surface area (Å²) in [6.07, 6.45) is 3.66.